The third-order valence-corrected chi connectivity index (χ3v) is 8.69. The van der Waals surface area contributed by atoms with Gasteiger partial charge in [0.05, 0.1) is 0 Å². The van der Waals surface area contributed by atoms with E-state index in [1.807, 2.05) is 78.9 Å². The molecule has 47 heavy (non-hydrogen) atoms. The van der Waals surface area contributed by atoms with Gasteiger partial charge < -0.3 is 4.74 Å². The van der Waals surface area contributed by atoms with Crippen molar-refractivity contribution in [2.75, 3.05) is 0 Å². The van der Waals surface area contributed by atoms with E-state index in [1.165, 1.54) is 10.9 Å². The van der Waals surface area contributed by atoms with Crippen LogP contribution < -0.4 is 4.74 Å². The van der Waals surface area contributed by atoms with Crippen LogP contribution in [0.1, 0.15) is 0 Å². The minimum absolute atomic E-state index is 0.617. The van der Waals surface area contributed by atoms with Crippen molar-refractivity contribution < 1.29 is 4.74 Å². The van der Waals surface area contributed by atoms with Gasteiger partial charge >= 0.3 is 0 Å². The molecule has 0 amide bonds. The number of aromatic nitrogens is 3. The molecule has 0 saturated carbocycles. The SMILES string of the molecule is c1ccc(-c2cc(-c3ccc4c(c3)Oc3cccc5cccc-4c35)cc(-c3nc(-c4ccccc4)nc(-c4ccccc4)n3)c2)cc1. The maximum Gasteiger partial charge on any atom is 0.164 e. The molecule has 0 radical (unpaired) electrons. The number of benzene rings is 7. The molecular weight excluding hydrogens is 574 g/mol. The highest BCUT2D eigenvalue weighted by Gasteiger charge is 2.21. The van der Waals surface area contributed by atoms with Gasteiger partial charge in [0, 0.05) is 27.6 Å². The van der Waals surface area contributed by atoms with Gasteiger partial charge in [0.25, 0.3) is 0 Å². The van der Waals surface area contributed by atoms with Gasteiger partial charge in [-0.15, -0.1) is 0 Å². The average molecular weight is 602 g/mol. The molecule has 0 bridgehead atoms. The molecule has 220 valence electrons. The van der Waals surface area contributed by atoms with Crippen molar-refractivity contribution in [2.24, 2.45) is 0 Å². The summed E-state index contributed by atoms with van der Waals surface area (Å²) in [5.74, 6) is 3.62. The molecule has 0 N–H and O–H groups in total. The van der Waals surface area contributed by atoms with E-state index in [-0.39, 0.29) is 0 Å². The highest BCUT2D eigenvalue weighted by Crippen LogP contribution is 2.47. The smallest absolute Gasteiger partial charge is 0.164 e. The number of ether oxygens (including phenoxy) is 1. The number of nitrogens with zero attached hydrogens (tertiary/aromatic N) is 3. The van der Waals surface area contributed by atoms with Crippen molar-refractivity contribution in [3.8, 4) is 79.0 Å². The molecule has 1 aliphatic rings. The Labute approximate surface area is 272 Å². The van der Waals surface area contributed by atoms with E-state index in [1.54, 1.807) is 0 Å². The lowest BCUT2D eigenvalue weighted by atomic mass is 9.91. The monoisotopic (exact) mass is 601 g/mol. The fourth-order valence-corrected chi connectivity index (χ4v) is 6.40. The second-order valence-electron chi connectivity index (χ2n) is 11.7. The fourth-order valence-electron chi connectivity index (χ4n) is 6.40. The molecule has 0 atom stereocenters. The summed E-state index contributed by atoms with van der Waals surface area (Å²) in [6.07, 6.45) is 0. The Kier molecular flexibility index (Phi) is 6.43. The van der Waals surface area contributed by atoms with Crippen LogP contribution in [0.3, 0.4) is 0 Å². The van der Waals surface area contributed by atoms with Gasteiger partial charge in [0.1, 0.15) is 11.5 Å². The lowest BCUT2D eigenvalue weighted by Gasteiger charge is -2.22. The molecule has 1 aliphatic heterocycles. The number of hydrogen-bond acceptors (Lipinski definition) is 4. The molecule has 0 unspecified atom stereocenters. The van der Waals surface area contributed by atoms with E-state index in [9.17, 15) is 0 Å². The second-order valence-corrected chi connectivity index (χ2v) is 11.7. The van der Waals surface area contributed by atoms with Crippen LogP contribution in [0.25, 0.3) is 78.3 Å². The third-order valence-electron chi connectivity index (χ3n) is 8.69. The minimum Gasteiger partial charge on any atom is -0.456 e. The second kappa shape index (κ2) is 11.2. The van der Waals surface area contributed by atoms with Crippen LogP contribution in [0.2, 0.25) is 0 Å². The molecule has 0 fully saturated rings. The van der Waals surface area contributed by atoms with Gasteiger partial charge in [-0.1, -0.05) is 127 Å². The van der Waals surface area contributed by atoms with Crippen LogP contribution in [0.5, 0.6) is 11.5 Å². The molecule has 0 spiro atoms. The van der Waals surface area contributed by atoms with E-state index in [0.29, 0.717) is 17.5 Å². The van der Waals surface area contributed by atoms with E-state index >= 15 is 0 Å². The quantitative estimate of drug-likeness (QED) is 0.197. The predicted octanol–water partition coefficient (Wildman–Crippen LogP) is 11.1. The summed E-state index contributed by atoms with van der Waals surface area (Å²) in [5, 5.41) is 2.33. The summed E-state index contributed by atoms with van der Waals surface area (Å²) in [6, 6.07) is 56.3. The van der Waals surface area contributed by atoms with Crippen LogP contribution in [0, 0.1) is 0 Å². The number of fused-ring (bicyclic) bond motifs is 2. The van der Waals surface area contributed by atoms with E-state index in [2.05, 4.69) is 84.9 Å². The first-order valence-corrected chi connectivity index (χ1v) is 15.7. The van der Waals surface area contributed by atoms with Gasteiger partial charge in [-0.25, -0.2) is 15.0 Å². The first kappa shape index (κ1) is 27.0. The molecule has 4 nitrogen and oxygen atoms in total. The van der Waals surface area contributed by atoms with Crippen molar-refractivity contribution in [1.82, 2.24) is 15.0 Å². The standard InChI is InChI=1S/C43H27N3O/c1-4-12-28(13-5-1)33-24-34(32-22-23-36-37-20-10-18-29-19-11-21-38(40(29)37)47-39(36)27-32)26-35(25-33)43-45-41(30-14-6-2-7-15-30)44-42(46-43)31-16-8-3-9-17-31/h1-27H. The molecule has 2 heterocycles. The van der Waals surface area contributed by atoms with Gasteiger partial charge in [-0.05, 0) is 69.6 Å². The molecule has 1 aromatic heterocycles. The Bertz CT molecular complexity index is 2360. The van der Waals surface area contributed by atoms with Crippen molar-refractivity contribution in [2.45, 2.75) is 0 Å². The van der Waals surface area contributed by atoms with Gasteiger partial charge in [0.15, 0.2) is 17.5 Å². The van der Waals surface area contributed by atoms with Gasteiger partial charge in [-0.3, -0.25) is 0 Å². The summed E-state index contributed by atoms with van der Waals surface area (Å²) < 4.78 is 6.54. The molecule has 4 heteroatoms. The normalized spacial score (nSPS) is 11.6. The highest BCUT2D eigenvalue weighted by molar-refractivity contribution is 6.04. The Morgan fingerprint density at radius 1 is 0.319 bits per heavy atom. The van der Waals surface area contributed by atoms with Crippen molar-refractivity contribution >= 4 is 10.8 Å². The molecule has 9 rings (SSSR count). The topological polar surface area (TPSA) is 47.9 Å². The molecular formula is C43H27N3O. The number of rotatable bonds is 5. The summed E-state index contributed by atoms with van der Waals surface area (Å²) in [5.41, 5.74) is 9.37. The zero-order valence-electron chi connectivity index (χ0n) is 25.3. The summed E-state index contributed by atoms with van der Waals surface area (Å²) in [7, 11) is 0. The lowest BCUT2D eigenvalue weighted by molar-refractivity contribution is 0.487. The summed E-state index contributed by atoms with van der Waals surface area (Å²) in [6.45, 7) is 0. The molecule has 8 aromatic rings. The zero-order chi connectivity index (χ0) is 31.2. The van der Waals surface area contributed by atoms with Crippen LogP contribution >= 0.6 is 0 Å². The predicted molar refractivity (Wildman–Crippen MR) is 190 cm³/mol. The van der Waals surface area contributed by atoms with Gasteiger partial charge in [0.2, 0.25) is 0 Å². The van der Waals surface area contributed by atoms with Crippen molar-refractivity contribution in [3.05, 3.63) is 164 Å². The number of hydrogen-bond donors (Lipinski definition) is 0. The minimum atomic E-state index is 0.617. The van der Waals surface area contributed by atoms with E-state index in [0.717, 1.165) is 61.4 Å². The summed E-state index contributed by atoms with van der Waals surface area (Å²) >= 11 is 0. The van der Waals surface area contributed by atoms with Crippen LogP contribution in [-0.4, -0.2) is 15.0 Å². The molecule has 0 aliphatic carbocycles. The van der Waals surface area contributed by atoms with Gasteiger partial charge in [-0.2, -0.15) is 0 Å². The van der Waals surface area contributed by atoms with Crippen LogP contribution in [0.15, 0.2) is 164 Å². The van der Waals surface area contributed by atoms with Crippen LogP contribution in [-0.2, 0) is 0 Å². The maximum atomic E-state index is 6.54. The Morgan fingerprint density at radius 2 is 0.851 bits per heavy atom. The highest BCUT2D eigenvalue weighted by atomic mass is 16.5. The lowest BCUT2D eigenvalue weighted by Crippen LogP contribution is -2.00. The Hall–Kier alpha value is -6.39. The maximum absolute atomic E-state index is 6.54. The average Bonchev–Trinajstić information content (AvgIpc) is 3.15. The first-order chi connectivity index (χ1) is 23.3. The van der Waals surface area contributed by atoms with E-state index < -0.39 is 0 Å². The van der Waals surface area contributed by atoms with E-state index in [4.69, 9.17) is 19.7 Å². The van der Waals surface area contributed by atoms with Crippen molar-refractivity contribution in [1.29, 1.82) is 0 Å². The third kappa shape index (κ3) is 4.93. The Balaban J connectivity index is 1.23. The molecule has 0 saturated heterocycles. The largest absolute Gasteiger partial charge is 0.456 e. The summed E-state index contributed by atoms with van der Waals surface area (Å²) in [4.78, 5) is 15.0. The van der Waals surface area contributed by atoms with Crippen molar-refractivity contribution in [3.63, 3.8) is 0 Å². The first-order valence-electron chi connectivity index (χ1n) is 15.7. The zero-order valence-corrected chi connectivity index (χ0v) is 25.3. The molecule has 7 aromatic carbocycles. The fraction of sp³-hybridized carbons (Fsp3) is 0. The Morgan fingerprint density at radius 3 is 1.49 bits per heavy atom. The van der Waals surface area contributed by atoms with Crippen LogP contribution in [0.4, 0.5) is 0 Å².